The molecule has 6 heteroatoms. The fourth-order valence-corrected chi connectivity index (χ4v) is 7.85. The zero-order valence-electron chi connectivity index (χ0n) is 25.4. The predicted molar refractivity (Wildman–Crippen MR) is 171 cm³/mol. The Morgan fingerprint density at radius 3 is 2.07 bits per heavy atom. The van der Waals surface area contributed by atoms with Gasteiger partial charge < -0.3 is 14.2 Å². The number of halogens is 1. The van der Waals surface area contributed by atoms with Crippen molar-refractivity contribution in [3.63, 3.8) is 0 Å². The maximum atomic E-state index is 14.2. The Balaban J connectivity index is 1.59. The lowest BCUT2D eigenvalue weighted by Crippen LogP contribution is -2.44. The molecule has 0 unspecified atom stereocenters. The number of carbonyl (C=O) groups excluding carboxylic acids is 2. The first-order valence-corrected chi connectivity index (χ1v) is 15.9. The van der Waals surface area contributed by atoms with Gasteiger partial charge in [0.1, 0.15) is 0 Å². The van der Waals surface area contributed by atoms with Crippen LogP contribution in [-0.2, 0) is 20.9 Å². The standard InChI is InChI=1S/C36H41BrN2O3/c1-35(2)17-28-33(30(40)19-35)32(34-29(39(28)15-10-16-42-5)18-36(3,4)20-31(34)41)25-22-38(27-14-9-7-12-24(25)27)21-23-11-6-8-13-26(23)37/h6-9,11-14,22,32H,10,15-21H2,1-5H3. The molecule has 220 valence electrons. The highest BCUT2D eigenvalue weighted by atomic mass is 79.9. The number of aromatic nitrogens is 1. The van der Waals surface area contributed by atoms with E-state index in [9.17, 15) is 9.59 Å². The zero-order valence-corrected chi connectivity index (χ0v) is 27.0. The number of allylic oxidation sites excluding steroid dienone is 4. The summed E-state index contributed by atoms with van der Waals surface area (Å²) in [5.41, 5.74) is 6.99. The van der Waals surface area contributed by atoms with Crippen LogP contribution in [0.3, 0.4) is 0 Å². The Hall–Kier alpha value is -2.96. The van der Waals surface area contributed by atoms with Gasteiger partial charge in [0, 0.05) is 89.7 Å². The second-order valence-corrected chi connectivity index (χ2v) is 14.7. The third-order valence-electron chi connectivity index (χ3n) is 9.18. The molecule has 0 atom stereocenters. The number of ketones is 2. The third-order valence-corrected chi connectivity index (χ3v) is 9.95. The molecule has 0 radical (unpaired) electrons. The van der Waals surface area contributed by atoms with Crippen LogP contribution in [0.5, 0.6) is 0 Å². The minimum Gasteiger partial charge on any atom is -0.385 e. The van der Waals surface area contributed by atoms with E-state index >= 15 is 0 Å². The number of methoxy groups -OCH3 is 1. The minimum atomic E-state index is -0.355. The summed E-state index contributed by atoms with van der Waals surface area (Å²) in [4.78, 5) is 30.8. The summed E-state index contributed by atoms with van der Waals surface area (Å²) in [7, 11) is 1.73. The minimum absolute atomic E-state index is 0.139. The second kappa shape index (κ2) is 10.9. The number of Topliss-reactive ketones (excluding diaryl/α,β-unsaturated/α-hetero) is 2. The molecule has 3 aliphatic rings. The van der Waals surface area contributed by atoms with Crippen LogP contribution >= 0.6 is 15.9 Å². The van der Waals surface area contributed by atoms with Gasteiger partial charge in [-0.2, -0.15) is 0 Å². The third kappa shape index (κ3) is 5.22. The number of hydrogen-bond acceptors (Lipinski definition) is 4. The molecule has 0 spiro atoms. The predicted octanol–water partition coefficient (Wildman–Crippen LogP) is 8.17. The van der Waals surface area contributed by atoms with E-state index in [1.807, 2.05) is 6.07 Å². The van der Waals surface area contributed by atoms with E-state index in [0.717, 1.165) is 69.3 Å². The summed E-state index contributed by atoms with van der Waals surface area (Å²) in [6.07, 6.45) is 5.67. The molecule has 5 nitrogen and oxygen atoms in total. The summed E-state index contributed by atoms with van der Waals surface area (Å²) in [6, 6.07) is 16.7. The summed E-state index contributed by atoms with van der Waals surface area (Å²) in [5, 5.41) is 1.11. The SMILES string of the molecule is COCCCN1C2=C(C(=O)CC(C)(C)C2)C(c2cn(Cc3ccccc3Br)c3ccccc23)C2=C1CC(C)(C)CC2=O. The Morgan fingerprint density at radius 2 is 1.45 bits per heavy atom. The Morgan fingerprint density at radius 1 is 0.857 bits per heavy atom. The van der Waals surface area contributed by atoms with Gasteiger partial charge in [0.15, 0.2) is 11.6 Å². The van der Waals surface area contributed by atoms with Crippen LogP contribution in [0, 0.1) is 10.8 Å². The first-order chi connectivity index (χ1) is 20.0. The molecule has 2 aromatic carbocycles. The molecular weight excluding hydrogens is 588 g/mol. The van der Waals surface area contributed by atoms with E-state index in [1.165, 1.54) is 5.56 Å². The molecule has 3 aromatic rings. The summed E-state index contributed by atoms with van der Waals surface area (Å²) in [5.74, 6) is -0.00383. The van der Waals surface area contributed by atoms with Crippen molar-refractivity contribution in [2.75, 3.05) is 20.3 Å². The van der Waals surface area contributed by atoms with Crippen LogP contribution in [0.2, 0.25) is 0 Å². The molecule has 1 aliphatic heterocycles. The number of hydrogen-bond donors (Lipinski definition) is 0. The van der Waals surface area contributed by atoms with Gasteiger partial charge in [-0.25, -0.2) is 0 Å². The molecule has 0 bridgehead atoms. The number of benzene rings is 2. The van der Waals surface area contributed by atoms with Gasteiger partial charge >= 0.3 is 0 Å². The number of carbonyl (C=O) groups is 2. The topological polar surface area (TPSA) is 51.5 Å². The van der Waals surface area contributed by atoms with Crippen LogP contribution in [0.1, 0.15) is 76.8 Å². The first-order valence-electron chi connectivity index (χ1n) is 15.1. The molecule has 0 saturated carbocycles. The maximum absolute atomic E-state index is 14.2. The van der Waals surface area contributed by atoms with E-state index in [-0.39, 0.29) is 28.3 Å². The number of fused-ring (bicyclic) bond motifs is 1. The zero-order chi connectivity index (χ0) is 29.8. The van der Waals surface area contributed by atoms with E-state index < -0.39 is 0 Å². The van der Waals surface area contributed by atoms with Gasteiger partial charge in [-0.15, -0.1) is 0 Å². The first kappa shape index (κ1) is 29.1. The Labute approximate surface area is 257 Å². The number of nitrogens with zero attached hydrogens (tertiary/aromatic N) is 2. The quantitative estimate of drug-likeness (QED) is 0.248. The fraction of sp³-hybridized carbons (Fsp3) is 0.444. The van der Waals surface area contributed by atoms with Crippen LogP contribution in [0.25, 0.3) is 10.9 Å². The summed E-state index contributed by atoms with van der Waals surface area (Å²) >= 11 is 3.73. The normalized spacial score (nSPS) is 20.4. The monoisotopic (exact) mass is 628 g/mol. The van der Waals surface area contributed by atoms with Gasteiger partial charge in [0.25, 0.3) is 0 Å². The van der Waals surface area contributed by atoms with Gasteiger partial charge in [-0.05, 0) is 53.4 Å². The average molecular weight is 630 g/mol. The molecular formula is C36H41BrN2O3. The smallest absolute Gasteiger partial charge is 0.162 e. The molecule has 0 amide bonds. The van der Waals surface area contributed by atoms with Crippen molar-refractivity contribution >= 4 is 38.4 Å². The van der Waals surface area contributed by atoms with E-state index in [4.69, 9.17) is 4.74 Å². The molecule has 6 rings (SSSR count). The Kier molecular flexibility index (Phi) is 7.59. The van der Waals surface area contributed by atoms with Crippen molar-refractivity contribution in [1.29, 1.82) is 0 Å². The van der Waals surface area contributed by atoms with Gasteiger partial charge in [-0.1, -0.05) is 80.0 Å². The second-order valence-electron chi connectivity index (χ2n) is 13.9. The lowest BCUT2D eigenvalue weighted by Gasteiger charge is -2.49. The lowest BCUT2D eigenvalue weighted by atomic mass is 9.63. The molecule has 0 fully saturated rings. The lowest BCUT2D eigenvalue weighted by molar-refractivity contribution is -0.119. The largest absolute Gasteiger partial charge is 0.385 e. The van der Waals surface area contributed by atoms with E-state index in [0.29, 0.717) is 26.0 Å². The summed E-state index contributed by atoms with van der Waals surface area (Å²) in [6.45, 7) is 10.9. The van der Waals surface area contributed by atoms with Gasteiger partial charge in [0.2, 0.25) is 0 Å². The molecule has 0 N–H and O–H groups in total. The van der Waals surface area contributed by atoms with Crippen molar-refractivity contribution < 1.29 is 14.3 Å². The van der Waals surface area contributed by atoms with Crippen molar-refractivity contribution in [2.24, 2.45) is 10.8 Å². The fourth-order valence-electron chi connectivity index (χ4n) is 7.44. The highest BCUT2D eigenvalue weighted by Crippen LogP contribution is 2.55. The molecule has 42 heavy (non-hydrogen) atoms. The number of rotatable bonds is 7. The van der Waals surface area contributed by atoms with E-state index in [1.54, 1.807) is 7.11 Å². The number of para-hydroxylation sites is 1. The van der Waals surface area contributed by atoms with Crippen LogP contribution in [0.15, 0.2) is 81.7 Å². The van der Waals surface area contributed by atoms with Gasteiger partial charge in [-0.3, -0.25) is 9.59 Å². The van der Waals surface area contributed by atoms with Crippen LogP contribution in [-0.4, -0.2) is 41.3 Å². The van der Waals surface area contributed by atoms with Crippen molar-refractivity contribution in [3.05, 3.63) is 92.9 Å². The van der Waals surface area contributed by atoms with Crippen molar-refractivity contribution in [1.82, 2.24) is 9.47 Å². The van der Waals surface area contributed by atoms with Crippen molar-refractivity contribution in [3.8, 4) is 0 Å². The average Bonchev–Trinajstić information content (AvgIpc) is 3.27. The highest BCUT2D eigenvalue weighted by Gasteiger charge is 2.49. The highest BCUT2D eigenvalue weighted by molar-refractivity contribution is 9.10. The molecule has 2 heterocycles. The molecule has 2 aliphatic carbocycles. The maximum Gasteiger partial charge on any atom is 0.162 e. The number of ether oxygens (including phenoxy) is 1. The van der Waals surface area contributed by atoms with Gasteiger partial charge in [0.05, 0.1) is 0 Å². The van der Waals surface area contributed by atoms with Crippen LogP contribution < -0.4 is 0 Å². The Bertz CT molecular complexity index is 1590. The van der Waals surface area contributed by atoms with Crippen LogP contribution in [0.4, 0.5) is 0 Å². The molecule has 0 saturated heterocycles. The molecule has 1 aromatic heterocycles. The van der Waals surface area contributed by atoms with Crippen molar-refractivity contribution in [2.45, 2.75) is 72.3 Å². The van der Waals surface area contributed by atoms with E-state index in [2.05, 4.69) is 102 Å². The summed E-state index contributed by atoms with van der Waals surface area (Å²) < 4.78 is 8.78.